The summed E-state index contributed by atoms with van der Waals surface area (Å²) in [5, 5.41) is 0. The standard InChI is InChI=1S/C14H15FO/c15-13-4-2-1-3-11(13)14(16)12-8-9-5-6-10(12)7-9/h1-4,9-10,12H,5-8H2/t9-,10-,12-/m1/s1. The molecular weight excluding hydrogens is 203 g/mol. The topological polar surface area (TPSA) is 17.1 Å². The van der Waals surface area contributed by atoms with E-state index in [2.05, 4.69) is 0 Å². The van der Waals surface area contributed by atoms with Crippen molar-refractivity contribution >= 4 is 5.78 Å². The zero-order valence-corrected chi connectivity index (χ0v) is 9.16. The molecule has 3 rings (SSSR count). The van der Waals surface area contributed by atoms with Gasteiger partial charge in [-0.2, -0.15) is 0 Å². The molecule has 0 radical (unpaired) electrons. The predicted molar refractivity (Wildman–Crippen MR) is 59.7 cm³/mol. The summed E-state index contributed by atoms with van der Waals surface area (Å²) >= 11 is 0. The second-order valence-electron chi connectivity index (χ2n) is 5.13. The molecule has 1 nitrogen and oxygen atoms in total. The maximum absolute atomic E-state index is 13.5. The minimum Gasteiger partial charge on any atom is -0.294 e. The molecule has 2 fully saturated rings. The zero-order chi connectivity index (χ0) is 11.1. The lowest BCUT2D eigenvalue weighted by atomic mass is 9.83. The van der Waals surface area contributed by atoms with Gasteiger partial charge in [0.2, 0.25) is 0 Å². The molecule has 0 N–H and O–H groups in total. The van der Waals surface area contributed by atoms with E-state index in [4.69, 9.17) is 0 Å². The molecule has 0 amide bonds. The molecule has 2 aliphatic carbocycles. The number of Topliss-reactive ketones (excluding diaryl/α,β-unsaturated/α-hetero) is 1. The van der Waals surface area contributed by atoms with Crippen molar-refractivity contribution in [3.63, 3.8) is 0 Å². The van der Waals surface area contributed by atoms with Crippen molar-refractivity contribution in [2.45, 2.75) is 25.7 Å². The van der Waals surface area contributed by atoms with Crippen LogP contribution in [0.4, 0.5) is 4.39 Å². The van der Waals surface area contributed by atoms with Crippen molar-refractivity contribution in [2.24, 2.45) is 17.8 Å². The van der Waals surface area contributed by atoms with Crippen molar-refractivity contribution < 1.29 is 9.18 Å². The summed E-state index contributed by atoms with van der Waals surface area (Å²) in [7, 11) is 0. The lowest BCUT2D eigenvalue weighted by molar-refractivity contribution is 0.0870. The SMILES string of the molecule is O=C(c1ccccc1F)[C@@H]1C[C@@H]2CC[C@@H]1C2. The Bertz CT molecular complexity index is 426. The number of hydrogen-bond acceptors (Lipinski definition) is 1. The molecule has 2 bridgehead atoms. The number of rotatable bonds is 2. The first-order valence-electron chi connectivity index (χ1n) is 6.04. The van der Waals surface area contributed by atoms with E-state index in [1.807, 2.05) is 0 Å². The van der Waals surface area contributed by atoms with E-state index >= 15 is 0 Å². The van der Waals surface area contributed by atoms with Crippen LogP contribution in [0.15, 0.2) is 24.3 Å². The van der Waals surface area contributed by atoms with E-state index in [1.165, 1.54) is 18.9 Å². The van der Waals surface area contributed by atoms with Crippen molar-refractivity contribution in [1.82, 2.24) is 0 Å². The summed E-state index contributed by atoms with van der Waals surface area (Å²) < 4.78 is 13.5. The molecule has 16 heavy (non-hydrogen) atoms. The van der Waals surface area contributed by atoms with Gasteiger partial charge in [-0.3, -0.25) is 4.79 Å². The molecule has 0 spiro atoms. The summed E-state index contributed by atoms with van der Waals surface area (Å²) in [4.78, 5) is 12.2. The lowest BCUT2D eigenvalue weighted by Crippen LogP contribution is -2.21. The minimum atomic E-state index is -0.365. The molecule has 1 aromatic rings. The Morgan fingerprint density at radius 3 is 2.62 bits per heavy atom. The highest BCUT2D eigenvalue weighted by molar-refractivity contribution is 5.98. The van der Waals surface area contributed by atoms with Gasteiger partial charge in [-0.05, 0) is 43.2 Å². The van der Waals surface area contributed by atoms with Crippen LogP contribution in [0.25, 0.3) is 0 Å². The van der Waals surface area contributed by atoms with Gasteiger partial charge in [0.15, 0.2) is 5.78 Å². The van der Waals surface area contributed by atoms with Gasteiger partial charge in [0.05, 0.1) is 5.56 Å². The maximum Gasteiger partial charge on any atom is 0.169 e. The molecule has 2 saturated carbocycles. The molecule has 0 aliphatic heterocycles. The number of fused-ring (bicyclic) bond motifs is 2. The van der Waals surface area contributed by atoms with Crippen molar-refractivity contribution in [2.75, 3.05) is 0 Å². The molecule has 84 valence electrons. The Kier molecular flexibility index (Phi) is 2.31. The first-order valence-corrected chi connectivity index (χ1v) is 6.04. The molecule has 0 aromatic heterocycles. The van der Waals surface area contributed by atoms with Crippen LogP contribution in [0.1, 0.15) is 36.0 Å². The number of halogens is 1. The molecule has 2 aliphatic rings. The smallest absolute Gasteiger partial charge is 0.169 e. The highest BCUT2D eigenvalue weighted by Gasteiger charge is 2.43. The number of hydrogen-bond donors (Lipinski definition) is 0. The molecule has 3 atom stereocenters. The van der Waals surface area contributed by atoms with Crippen LogP contribution >= 0.6 is 0 Å². The number of benzene rings is 1. The van der Waals surface area contributed by atoms with Gasteiger partial charge >= 0.3 is 0 Å². The molecule has 2 heteroatoms. The summed E-state index contributed by atoms with van der Waals surface area (Å²) in [6.45, 7) is 0. The van der Waals surface area contributed by atoms with Gasteiger partial charge in [0, 0.05) is 5.92 Å². The number of ketones is 1. The average molecular weight is 218 g/mol. The first-order chi connectivity index (χ1) is 7.75. The van der Waals surface area contributed by atoms with E-state index in [0.717, 1.165) is 18.8 Å². The van der Waals surface area contributed by atoms with Gasteiger partial charge in [0.1, 0.15) is 5.82 Å². The Morgan fingerprint density at radius 1 is 1.19 bits per heavy atom. The normalized spacial score (nSPS) is 31.9. The fourth-order valence-electron chi connectivity index (χ4n) is 3.43. The van der Waals surface area contributed by atoms with Gasteiger partial charge in [0.25, 0.3) is 0 Å². The van der Waals surface area contributed by atoms with Crippen LogP contribution in [0.3, 0.4) is 0 Å². The third-order valence-corrected chi connectivity index (χ3v) is 4.21. The molecule has 0 saturated heterocycles. The summed E-state index contributed by atoms with van der Waals surface area (Å²) in [6, 6.07) is 6.36. The quantitative estimate of drug-likeness (QED) is 0.695. The van der Waals surface area contributed by atoms with Crippen molar-refractivity contribution in [3.05, 3.63) is 35.6 Å². The minimum absolute atomic E-state index is 0.0327. The average Bonchev–Trinajstić information content (AvgIpc) is 2.90. The zero-order valence-electron chi connectivity index (χ0n) is 9.16. The second-order valence-corrected chi connectivity index (χ2v) is 5.13. The van der Waals surface area contributed by atoms with Crippen LogP contribution in [0.2, 0.25) is 0 Å². The van der Waals surface area contributed by atoms with E-state index in [0.29, 0.717) is 11.5 Å². The number of carbonyl (C=O) groups is 1. The van der Waals surface area contributed by atoms with Crippen LogP contribution in [0, 0.1) is 23.6 Å². The molecule has 0 unspecified atom stereocenters. The lowest BCUT2D eigenvalue weighted by Gasteiger charge is -2.20. The Labute approximate surface area is 94.7 Å². The van der Waals surface area contributed by atoms with Gasteiger partial charge < -0.3 is 0 Å². The predicted octanol–water partition coefficient (Wildman–Crippen LogP) is 3.44. The third-order valence-electron chi connectivity index (χ3n) is 4.21. The molecule has 0 heterocycles. The molecule has 1 aromatic carbocycles. The van der Waals surface area contributed by atoms with Gasteiger partial charge in [-0.15, -0.1) is 0 Å². The van der Waals surface area contributed by atoms with Crippen LogP contribution in [-0.4, -0.2) is 5.78 Å². The summed E-state index contributed by atoms with van der Waals surface area (Å²) in [6.07, 6.45) is 4.60. The largest absolute Gasteiger partial charge is 0.294 e. The van der Waals surface area contributed by atoms with Crippen molar-refractivity contribution in [3.8, 4) is 0 Å². The second kappa shape index (κ2) is 3.69. The van der Waals surface area contributed by atoms with E-state index in [-0.39, 0.29) is 17.5 Å². The summed E-state index contributed by atoms with van der Waals surface area (Å²) in [5.41, 5.74) is 0.292. The van der Waals surface area contributed by atoms with Gasteiger partial charge in [-0.1, -0.05) is 18.6 Å². The van der Waals surface area contributed by atoms with Crippen LogP contribution in [-0.2, 0) is 0 Å². The first kappa shape index (κ1) is 10.0. The fraction of sp³-hybridized carbons (Fsp3) is 0.500. The van der Waals surface area contributed by atoms with Crippen LogP contribution in [0.5, 0.6) is 0 Å². The number of carbonyl (C=O) groups excluding carboxylic acids is 1. The van der Waals surface area contributed by atoms with E-state index < -0.39 is 0 Å². The van der Waals surface area contributed by atoms with Gasteiger partial charge in [-0.25, -0.2) is 4.39 Å². The van der Waals surface area contributed by atoms with E-state index in [1.54, 1.807) is 18.2 Å². The Hall–Kier alpha value is -1.18. The Morgan fingerprint density at radius 2 is 2.00 bits per heavy atom. The Balaban J connectivity index is 1.86. The van der Waals surface area contributed by atoms with E-state index in [9.17, 15) is 9.18 Å². The monoisotopic (exact) mass is 218 g/mol. The summed E-state index contributed by atoms with van der Waals surface area (Å²) in [5.74, 6) is 1.01. The maximum atomic E-state index is 13.5. The fourth-order valence-corrected chi connectivity index (χ4v) is 3.43. The van der Waals surface area contributed by atoms with Crippen molar-refractivity contribution in [1.29, 1.82) is 0 Å². The third kappa shape index (κ3) is 1.48. The highest BCUT2D eigenvalue weighted by atomic mass is 19.1. The molecular formula is C14H15FO. The van der Waals surface area contributed by atoms with Crippen LogP contribution < -0.4 is 0 Å². The highest BCUT2D eigenvalue weighted by Crippen LogP contribution is 2.49.